The fourth-order valence-electron chi connectivity index (χ4n) is 1.12. The molecule has 3 N–H and O–H groups in total. The average Bonchev–Trinajstić information content (AvgIpc) is 2.16. The van der Waals surface area contributed by atoms with Crippen LogP contribution in [0.2, 0.25) is 5.02 Å². The quantitative estimate of drug-likeness (QED) is 0.871. The highest BCUT2D eigenvalue weighted by molar-refractivity contribution is 6.30. The Bertz CT molecular complexity index is 342. The van der Waals surface area contributed by atoms with Crippen LogP contribution in [0.3, 0.4) is 0 Å². The van der Waals surface area contributed by atoms with Crippen LogP contribution in [0, 0.1) is 0 Å². The summed E-state index contributed by atoms with van der Waals surface area (Å²) in [6.07, 6.45) is -4.81. The van der Waals surface area contributed by atoms with Gasteiger partial charge < -0.3 is 10.8 Å². The topological polar surface area (TPSA) is 46.2 Å². The number of hydrogen-bond donors (Lipinski definition) is 2. The number of alkyl halides is 3. The molecule has 1 unspecified atom stereocenters. The van der Waals surface area contributed by atoms with Crippen LogP contribution in [0.15, 0.2) is 24.3 Å². The van der Waals surface area contributed by atoms with Crippen LogP contribution in [0.1, 0.15) is 5.56 Å². The molecule has 1 rings (SSSR count). The molecule has 0 fully saturated rings. The molecule has 0 aromatic heterocycles. The van der Waals surface area contributed by atoms with E-state index in [0.29, 0.717) is 5.02 Å². The second-order valence-corrected chi connectivity index (χ2v) is 3.51. The second kappa shape index (κ2) is 5.23. The zero-order chi connectivity index (χ0) is 11.7. The van der Waals surface area contributed by atoms with Gasteiger partial charge in [0.25, 0.3) is 0 Å². The Labute approximate surface area is 102 Å². The Hall–Kier alpha value is -0.490. The maximum Gasteiger partial charge on any atom is 0.422 e. The molecule has 2 nitrogen and oxygen atoms in total. The van der Waals surface area contributed by atoms with Gasteiger partial charge in [0.2, 0.25) is 0 Å². The van der Waals surface area contributed by atoms with E-state index < -0.39 is 18.3 Å². The molecular formula is C9H10Cl2F3NO. The third kappa shape index (κ3) is 2.79. The Morgan fingerprint density at radius 3 is 1.94 bits per heavy atom. The zero-order valence-electron chi connectivity index (χ0n) is 7.96. The lowest BCUT2D eigenvalue weighted by Crippen LogP contribution is -2.48. The van der Waals surface area contributed by atoms with Crippen molar-refractivity contribution in [2.45, 2.75) is 11.8 Å². The number of rotatable bonds is 2. The van der Waals surface area contributed by atoms with Crippen molar-refractivity contribution in [1.82, 2.24) is 0 Å². The Kier molecular flexibility index (Phi) is 5.07. The van der Waals surface area contributed by atoms with Crippen molar-refractivity contribution in [2.75, 3.05) is 6.54 Å². The van der Waals surface area contributed by atoms with Gasteiger partial charge in [0.15, 0.2) is 5.60 Å². The van der Waals surface area contributed by atoms with E-state index in [9.17, 15) is 18.3 Å². The van der Waals surface area contributed by atoms with Crippen LogP contribution in [-0.4, -0.2) is 17.8 Å². The number of aliphatic hydroxyl groups is 1. The second-order valence-electron chi connectivity index (χ2n) is 3.07. The number of benzene rings is 1. The van der Waals surface area contributed by atoms with Crippen LogP contribution in [0.4, 0.5) is 13.2 Å². The van der Waals surface area contributed by atoms with E-state index in [-0.39, 0.29) is 18.0 Å². The summed E-state index contributed by atoms with van der Waals surface area (Å²) in [4.78, 5) is 0. The molecule has 1 aromatic carbocycles. The van der Waals surface area contributed by atoms with Gasteiger partial charge in [-0.05, 0) is 17.7 Å². The third-order valence-electron chi connectivity index (χ3n) is 2.09. The largest absolute Gasteiger partial charge is 0.422 e. The highest BCUT2D eigenvalue weighted by atomic mass is 35.5. The summed E-state index contributed by atoms with van der Waals surface area (Å²) in [6, 6.07) is 4.73. The highest BCUT2D eigenvalue weighted by Crippen LogP contribution is 2.38. The van der Waals surface area contributed by atoms with Crippen molar-refractivity contribution < 1.29 is 18.3 Å². The summed E-state index contributed by atoms with van der Waals surface area (Å²) in [7, 11) is 0. The summed E-state index contributed by atoms with van der Waals surface area (Å²) in [6.45, 7) is -0.932. The molecule has 0 amide bonds. The first-order chi connectivity index (χ1) is 6.81. The van der Waals surface area contributed by atoms with E-state index in [4.69, 9.17) is 17.3 Å². The fourth-order valence-corrected chi connectivity index (χ4v) is 1.25. The van der Waals surface area contributed by atoms with E-state index in [1.54, 1.807) is 0 Å². The third-order valence-corrected chi connectivity index (χ3v) is 2.34. The standard InChI is InChI=1S/C9H9ClF3NO.ClH/c10-7-3-1-6(2-4-7)8(15,5-14)9(11,12)13;/h1-4,15H,5,14H2;1H. The monoisotopic (exact) mass is 275 g/mol. The van der Waals surface area contributed by atoms with E-state index >= 15 is 0 Å². The minimum atomic E-state index is -4.81. The van der Waals surface area contributed by atoms with Gasteiger partial charge in [0.1, 0.15) is 0 Å². The van der Waals surface area contributed by atoms with Crippen molar-refractivity contribution in [2.24, 2.45) is 5.73 Å². The van der Waals surface area contributed by atoms with Gasteiger partial charge >= 0.3 is 6.18 Å². The zero-order valence-corrected chi connectivity index (χ0v) is 9.53. The summed E-state index contributed by atoms with van der Waals surface area (Å²) in [5.74, 6) is 0. The maximum atomic E-state index is 12.5. The maximum absolute atomic E-state index is 12.5. The average molecular weight is 276 g/mol. The molecule has 0 aliphatic heterocycles. The van der Waals surface area contributed by atoms with Crippen molar-refractivity contribution in [3.05, 3.63) is 34.9 Å². The minimum absolute atomic E-state index is 0. The summed E-state index contributed by atoms with van der Waals surface area (Å²) in [5, 5.41) is 9.72. The Morgan fingerprint density at radius 1 is 1.19 bits per heavy atom. The van der Waals surface area contributed by atoms with Gasteiger partial charge in [0.05, 0.1) is 0 Å². The Morgan fingerprint density at radius 2 is 1.62 bits per heavy atom. The van der Waals surface area contributed by atoms with Gasteiger partial charge in [-0.3, -0.25) is 0 Å². The van der Waals surface area contributed by atoms with Crippen LogP contribution in [-0.2, 0) is 5.60 Å². The molecule has 16 heavy (non-hydrogen) atoms. The lowest BCUT2D eigenvalue weighted by molar-refractivity contribution is -0.262. The number of halogens is 5. The lowest BCUT2D eigenvalue weighted by Gasteiger charge is -2.29. The molecule has 0 bridgehead atoms. The normalized spacial score (nSPS) is 15.1. The molecule has 0 aliphatic rings. The summed E-state index contributed by atoms with van der Waals surface area (Å²) in [5.41, 5.74) is 1.63. The molecule has 7 heteroatoms. The molecule has 0 aliphatic carbocycles. The number of nitrogens with two attached hydrogens (primary N) is 1. The van der Waals surface area contributed by atoms with Crippen LogP contribution in [0.5, 0.6) is 0 Å². The molecule has 0 heterocycles. The van der Waals surface area contributed by atoms with Gasteiger partial charge in [0, 0.05) is 11.6 Å². The molecule has 1 aromatic rings. The Balaban J connectivity index is 0.00000225. The van der Waals surface area contributed by atoms with Gasteiger partial charge in [-0.25, -0.2) is 0 Å². The molecule has 0 saturated carbocycles. The van der Waals surface area contributed by atoms with Crippen molar-refractivity contribution in [1.29, 1.82) is 0 Å². The van der Waals surface area contributed by atoms with Crippen molar-refractivity contribution in [3.8, 4) is 0 Å². The van der Waals surface area contributed by atoms with E-state index in [1.165, 1.54) is 12.1 Å². The fraction of sp³-hybridized carbons (Fsp3) is 0.333. The first-order valence-electron chi connectivity index (χ1n) is 4.06. The minimum Gasteiger partial charge on any atom is -0.375 e. The van der Waals surface area contributed by atoms with Crippen molar-refractivity contribution >= 4 is 24.0 Å². The van der Waals surface area contributed by atoms with Gasteiger partial charge in [-0.15, -0.1) is 12.4 Å². The van der Waals surface area contributed by atoms with Gasteiger partial charge in [-0.1, -0.05) is 23.7 Å². The molecular weight excluding hydrogens is 266 g/mol. The first kappa shape index (κ1) is 15.5. The highest BCUT2D eigenvalue weighted by Gasteiger charge is 2.53. The van der Waals surface area contributed by atoms with Crippen LogP contribution >= 0.6 is 24.0 Å². The predicted octanol–water partition coefficient (Wildman–Crippen LogP) is 2.47. The van der Waals surface area contributed by atoms with E-state index in [1.807, 2.05) is 0 Å². The molecule has 1 atom stereocenters. The molecule has 0 radical (unpaired) electrons. The molecule has 0 spiro atoms. The summed E-state index contributed by atoms with van der Waals surface area (Å²) >= 11 is 5.53. The van der Waals surface area contributed by atoms with Crippen LogP contribution in [0.25, 0.3) is 0 Å². The summed E-state index contributed by atoms with van der Waals surface area (Å²) < 4.78 is 37.6. The van der Waals surface area contributed by atoms with Crippen molar-refractivity contribution in [3.63, 3.8) is 0 Å². The molecule has 92 valence electrons. The first-order valence-corrected chi connectivity index (χ1v) is 4.44. The smallest absolute Gasteiger partial charge is 0.375 e. The van der Waals surface area contributed by atoms with E-state index in [0.717, 1.165) is 12.1 Å². The lowest BCUT2D eigenvalue weighted by atomic mass is 9.93. The SMILES string of the molecule is Cl.NCC(O)(c1ccc(Cl)cc1)C(F)(F)F. The van der Waals surface area contributed by atoms with Crippen LogP contribution < -0.4 is 5.73 Å². The van der Waals surface area contributed by atoms with E-state index in [2.05, 4.69) is 0 Å². The van der Waals surface area contributed by atoms with Gasteiger partial charge in [-0.2, -0.15) is 13.2 Å². The predicted molar refractivity (Wildman–Crippen MR) is 57.7 cm³/mol. The molecule has 0 saturated heterocycles. The number of hydrogen-bond acceptors (Lipinski definition) is 2.